The Kier molecular flexibility index (Phi) is 4.85. The van der Waals surface area contributed by atoms with Gasteiger partial charge in [0.15, 0.2) is 0 Å². The molecule has 0 aromatic carbocycles. The van der Waals surface area contributed by atoms with Gasteiger partial charge in [0.05, 0.1) is 11.9 Å². The van der Waals surface area contributed by atoms with Gasteiger partial charge in [-0.05, 0) is 30.9 Å². The van der Waals surface area contributed by atoms with Crippen molar-refractivity contribution in [2.24, 2.45) is 5.92 Å². The van der Waals surface area contributed by atoms with Gasteiger partial charge in [0, 0.05) is 20.6 Å². The zero-order chi connectivity index (χ0) is 12.8. The fourth-order valence-electron chi connectivity index (χ4n) is 2.59. The van der Waals surface area contributed by atoms with Crippen LogP contribution in [0.3, 0.4) is 0 Å². The molecule has 0 atom stereocenters. The number of rotatable bonds is 4. The Morgan fingerprint density at radius 3 is 2.44 bits per heavy atom. The van der Waals surface area contributed by atoms with Crippen LogP contribution in [0.5, 0.6) is 0 Å². The molecule has 2 rings (SSSR count). The maximum Gasteiger partial charge on any atom is 0.128 e. The van der Waals surface area contributed by atoms with Crippen LogP contribution in [0.25, 0.3) is 0 Å². The molecule has 0 radical (unpaired) electrons. The van der Waals surface area contributed by atoms with E-state index in [1.54, 1.807) is 0 Å². The molecule has 3 nitrogen and oxygen atoms in total. The molecule has 1 aliphatic carbocycles. The van der Waals surface area contributed by atoms with Gasteiger partial charge in [0.2, 0.25) is 0 Å². The molecule has 0 unspecified atom stereocenters. The number of aromatic nitrogens is 1. The molecule has 0 aliphatic heterocycles. The molecule has 0 bridgehead atoms. The number of anilines is 2. The van der Waals surface area contributed by atoms with E-state index in [1.807, 2.05) is 25.2 Å². The minimum Gasteiger partial charge on any atom is -0.384 e. The van der Waals surface area contributed by atoms with Gasteiger partial charge in [0.25, 0.3) is 0 Å². The highest BCUT2D eigenvalue weighted by Gasteiger charge is 2.11. The quantitative estimate of drug-likeness (QED) is 0.825. The smallest absolute Gasteiger partial charge is 0.128 e. The Hall–Kier alpha value is -1.25. The third kappa shape index (κ3) is 3.90. The molecular weight excluding hydrogens is 222 g/mol. The normalized spacial score (nSPS) is 17.2. The highest BCUT2D eigenvalue weighted by molar-refractivity contribution is 5.47. The standard InChI is InChI=1S/C15H25N3/c1-18(2)15-10-9-14(12-17-15)16-11-13-7-5-3-4-6-8-13/h9-10,12-13,16H,3-8,11H2,1-2H3. The van der Waals surface area contributed by atoms with Gasteiger partial charge < -0.3 is 10.2 Å². The van der Waals surface area contributed by atoms with Crippen molar-refractivity contribution in [2.45, 2.75) is 38.5 Å². The molecular formula is C15H25N3. The van der Waals surface area contributed by atoms with Crippen LogP contribution in [0.15, 0.2) is 18.3 Å². The second-order valence-electron chi connectivity index (χ2n) is 5.54. The summed E-state index contributed by atoms with van der Waals surface area (Å²) in [7, 11) is 4.03. The number of nitrogens with one attached hydrogen (secondary N) is 1. The van der Waals surface area contributed by atoms with E-state index in [0.717, 1.165) is 24.0 Å². The zero-order valence-corrected chi connectivity index (χ0v) is 11.7. The van der Waals surface area contributed by atoms with Crippen LogP contribution in [0, 0.1) is 5.92 Å². The summed E-state index contributed by atoms with van der Waals surface area (Å²) in [5.41, 5.74) is 1.14. The Morgan fingerprint density at radius 1 is 1.17 bits per heavy atom. The van der Waals surface area contributed by atoms with E-state index in [0.29, 0.717) is 0 Å². The van der Waals surface area contributed by atoms with Crippen molar-refractivity contribution < 1.29 is 0 Å². The van der Waals surface area contributed by atoms with Crippen LogP contribution in [0.4, 0.5) is 11.5 Å². The Bertz CT molecular complexity index is 337. The molecule has 1 aliphatic rings. The number of pyridine rings is 1. The lowest BCUT2D eigenvalue weighted by molar-refractivity contribution is 0.483. The molecule has 1 N–H and O–H groups in total. The molecule has 3 heteroatoms. The van der Waals surface area contributed by atoms with Crippen molar-refractivity contribution >= 4 is 11.5 Å². The molecule has 100 valence electrons. The van der Waals surface area contributed by atoms with Gasteiger partial charge in [-0.3, -0.25) is 0 Å². The molecule has 0 spiro atoms. The van der Waals surface area contributed by atoms with Crippen LogP contribution < -0.4 is 10.2 Å². The average molecular weight is 247 g/mol. The fraction of sp³-hybridized carbons (Fsp3) is 0.667. The molecule has 18 heavy (non-hydrogen) atoms. The van der Waals surface area contributed by atoms with E-state index in [4.69, 9.17) is 0 Å². The Labute approximate surface area is 111 Å². The minimum atomic E-state index is 0.848. The molecule has 1 aromatic rings. The highest BCUT2D eigenvalue weighted by Crippen LogP contribution is 2.23. The average Bonchev–Trinajstić information content (AvgIpc) is 2.65. The van der Waals surface area contributed by atoms with Crippen molar-refractivity contribution in [1.82, 2.24) is 4.98 Å². The van der Waals surface area contributed by atoms with Crippen LogP contribution in [-0.2, 0) is 0 Å². The first-order chi connectivity index (χ1) is 8.75. The second kappa shape index (κ2) is 6.62. The highest BCUT2D eigenvalue weighted by atomic mass is 15.1. The maximum atomic E-state index is 4.42. The molecule has 1 fully saturated rings. The van der Waals surface area contributed by atoms with Crippen LogP contribution in [-0.4, -0.2) is 25.6 Å². The summed E-state index contributed by atoms with van der Waals surface area (Å²) in [4.78, 5) is 6.45. The summed E-state index contributed by atoms with van der Waals surface area (Å²) in [5.74, 6) is 1.86. The molecule has 1 saturated carbocycles. The summed E-state index contributed by atoms with van der Waals surface area (Å²) < 4.78 is 0. The molecule has 0 amide bonds. The Morgan fingerprint density at radius 2 is 1.89 bits per heavy atom. The topological polar surface area (TPSA) is 28.2 Å². The van der Waals surface area contributed by atoms with Gasteiger partial charge in [0.1, 0.15) is 5.82 Å². The van der Waals surface area contributed by atoms with Crippen molar-refractivity contribution in [2.75, 3.05) is 30.9 Å². The van der Waals surface area contributed by atoms with Crippen molar-refractivity contribution in [3.63, 3.8) is 0 Å². The van der Waals surface area contributed by atoms with Gasteiger partial charge in [-0.25, -0.2) is 4.98 Å². The van der Waals surface area contributed by atoms with Gasteiger partial charge in [-0.1, -0.05) is 25.7 Å². The fourth-order valence-corrected chi connectivity index (χ4v) is 2.59. The second-order valence-corrected chi connectivity index (χ2v) is 5.54. The summed E-state index contributed by atoms with van der Waals surface area (Å²) in [5, 5.41) is 3.53. The van der Waals surface area contributed by atoms with Crippen molar-refractivity contribution in [3.05, 3.63) is 18.3 Å². The third-order valence-corrected chi connectivity index (χ3v) is 3.78. The molecule has 1 aromatic heterocycles. The predicted octanol–water partition coefficient (Wildman–Crippen LogP) is 3.53. The third-order valence-electron chi connectivity index (χ3n) is 3.78. The summed E-state index contributed by atoms with van der Waals surface area (Å²) >= 11 is 0. The lowest BCUT2D eigenvalue weighted by Gasteiger charge is -2.16. The SMILES string of the molecule is CN(C)c1ccc(NCC2CCCCCC2)cn1. The summed E-state index contributed by atoms with van der Waals surface area (Å²) in [6.45, 7) is 1.10. The largest absolute Gasteiger partial charge is 0.384 e. The zero-order valence-electron chi connectivity index (χ0n) is 11.7. The molecule has 0 saturated heterocycles. The monoisotopic (exact) mass is 247 g/mol. The number of hydrogen-bond donors (Lipinski definition) is 1. The van der Waals surface area contributed by atoms with Gasteiger partial charge >= 0.3 is 0 Å². The van der Waals surface area contributed by atoms with Crippen LogP contribution in [0.1, 0.15) is 38.5 Å². The molecule has 1 heterocycles. The first-order valence-electron chi connectivity index (χ1n) is 7.13. The lowest BCUT2D eigenvalue weighted by Crippen LogP contribution is -2.14. The maximum absolute atomic E-state index is 4.42. The number of hydrogen-bond acceptors (Lipinski definition) is 3. The van der Waals surface area contributed by atoms with E-state index in [-0.39, 0.29) is 0 Å². The Balaban J connectivity index is 1.81. The van der Waals surface area contributed by atoms with E-state index in [1.165, 1.54) is 38.5 Å². The van der Waals surface area contributed by atoms with E-state index in [2.05, 4.69) is 22.4 Å². The van der Waals surface area contributed by atoms with Crippen LogP contribution >= 0.6 is 0 Å². The van der Waals surface area contributed by atoms with Gasteiger partial charge in [-0.15, -0.1) is 0 Å². The minimum absolute atomic E-state index is 0.848. The van der Waals surface area contributed by atoms with E-state index < -0.39 is 0 Å². The van der Waals surface area contributed by atoms with Crippen molar-refractivity contribution in [3.8, 4) is 0 Å². The van der Waals surface area contributed by atoms with Crippen molar-refractivity contribution in [1.29, 1.82) is 0 Å². The van der Waals surface area contributed by atoms with E-state index in [9.17, 15) is 0 Å². The number of nitrogens with zero attached hydrogens (tertiary/aromatic N) is 2. The predicted molar refractivity (Wildman–Crippen MR) is 78.2 cm³/mol. The first-order valence-corrected chi connectivity index (χ1v) is 7.13. The first kappa shape index (κ1) is 13.2. The van der Waals surface area contributed by atoms with E-state index >= 15 is 0 Å². The summed E-state index contributed by atoms with van der Waals surface area (Å²) in [6.07, 6.45) is 10.4. The summed E-state index contributed by atoms with van der Waals surface area (Å²) in [6, 6.07) is 4.19. The lowest BCUT2D eigenvalue weighted by atomic mass is 10.0. The van der Waals surface area contributed by atoms with Crippen LogP contribution in [0.2, 0.25) is 0 Å². The van der Waals surface area contributed by atoms with Gasteiger partial charge in [-0.2, -0.15) is 0 Å².